The lowest BCUT2D eigenvalue weighted by molar-refractivity contribution is -0.245. The van der Waals surface area contributed by atoms with E-state index in [-0.39, 0.29) is 24.4 Å². The molecule has 0 spiro atoms. The van der Waals surface area contributed by atoms with Crippen molar-refractivity contribution in [3.05, 3.63) is 0 Å². The summed E-state index contributed by atoms with van der Waals surface area (Å²) in [6.45, 7) is 13.4. The Balaban J connectivity index is 1.59. The predicted molar refractivity (Wildman–Crippen MR) is 145 cm³/mol. The summed E-state index contributed by atoms with van der Waals surface area (Å²) in [5, 5.41) is 0. The summed E-state index contributed by atoms with van der Waals surface area (Å²) in [4.78, 5) is 0. The number of fused-ring (bicyclic) bond motifs is 1. The van der Waals surface area contributed by atoms with Crippen LogP contribution in [-0.4, -0.2) is 62.9 Å². The van der Waals surface area contributed by atoms with E-state index in [0.29, 0.717) is 6.61 Å². The van der Waals surface area contributed by atoms with E-state index in [1.807, 2.05) is 13.8 Å². The zero-order valence-electron chi connectivity index (χ0n) is 24.3. The molecule has 6 nitrogen and oxygen atoms in total. The van der Waals surface area contributed by atoms with E-state index in [1.54, 1.807) is 0 Å². The van der Waals surface area contributed by atoms with Crippen molar-refractivity contribution in [1.82, 2.24) is 0 Å². The Kier molecular flexibility index (Phi) is 16.8. The van der Waals surface area contributed by atoms with E-state index in [9.17, 15) is 0 Å². The summed E-state index contributed by atoms with van der Waals surface area (Å²) in [5.41, 5.74) is 0. The van der Waals surface area contributed by atoms with Crippen molar-refractivity contribution >= 4 is 0 Å². The van der Waals surface area contributed by atoms with Crippen molar-refractivity contribution in [3.8, 4) is 0 Å². The maximum atomic E-state index is 6.27. The molecule has 36 heavy (non-hydrogen) atoms. The minimum absolute atomic E-state index is 0.0611. The molecule has 2 aliphatic rings. The minimum atomic E-state index is -0.628. The van der Waals surface area contributed by atoms with Gasteiger partial charge in [0.05, 0.1) is 12.7 Å². The summed E-state index contributed by atoms with van der Waals surface area (Å²) in [7, 11) is 0. The van der Waals surface area contributed by atoms with Gasteiger partial charge in [0.1, 0.15) is 18.3 Å². The average Bonchev–Trinajstić information content (AvgIpc) is 3.34. The van der Waals surface area contributed by atoms with Crippen molar-refractivity contribution < 1.29 is 28.4 Å². The van der Waals surface area contributed by atoms with Crippen LogP contribution in [0, 0.1) is 0 Å². The summed E-state index contributed by atoms with van der Waals surface area (Å²) in [5.74, 6) is -0.628. The quantitative estimate of drug-likeness (QED) is 0.131. The van der Waals surface area contributed by atoms with Crippen LogP contribution in [0.5, 0.6) is 0 Å². The predicted octanol–water partition coefficient (Wildman–Crippen LogP) is 7.56. The van der Waals surface area contributed by atoms with E-state index in [4.69, 9.17) is 28.4 Å². The molecule has 2 fully saturated rings. The summed E-state index contributed by atoms with van der Waals surface area (Å²) in [6, 6.07) is 0. The van der Waals surface area contributed by atoms with E-state index >= 15 is 0 Å². The van der Waals surface area contributed by atoms with Crippen LogP contribution in [0.4, 0.5) is 0 Å². The molecule has 2 rings (SSSR count). The molecule has 0 aromatic carbocycles. The largest absolute Gasteiger partial charge is 0.381 e. The van der Waals surface area contributed by atoms with Crippen LogP contribution >= 0.6 is 0 Å². The van der Waals surface area contributed by atoms with Gasteiger partial charge in [-0.1, -0.05) is 90.9 Å². The van der Waals surface area contributed by atoms with Gasteiger partial charge in [-0.05, 0) is 40.0 Å². The van der Waals surface area contributed by atoms with Gasteiger partial charge in [-0.15, -0.1) is 0 Å². The van der Waals surface area contributed by atoms with E-state index in [0.717, 1.165) is 39.1 Å². The molecule has 0 amide bonds. The lowest BCUT2D eigenvalue weighted by atomic mass is 10.1. The zero-order chi connectivity index (χ0) is 26.1. The molecule has 0 saturated carbocycles. The fraction of sp³-hybridized carbons (Fsp3) is 1.00. The molecule has 2 heterocycles. The molecule has 0 radical (unpaired) electrons. The highest BCUT2D eigenvalue weighted by molar-refractivity contribution is 4.97. The molecule has 2 saturated heterocycles. The Morgan fingerprint density at radius 1 is 0.639 bits per heavy atom. The second kappa shape index (κ2) is 18.9. The van der Waals surface area contributed by atoms with Crippen LogP contribution in [0.15, 0.2) is 0 Å². The average molecular weight is 515 g/mol. The van der Waals surface area contributed by atoms with Crippen LogP contribution in [0.25, 0.3) is 0 Å². The van der Waals surface area contributed by atoms with Crippen molar-refractivity contribution in [1.29, 1.82) is 0 Å². The third kappa shape index (κ3) is 12.5. The SMILES string of the molecule is CCCCCCCCCOCCCO[C@H]1O[C@H]([C@@H](C)OCCCCCCCCC)[C@@H]2OC(C)(C)O[C@H]12. The topological polar surface area (TPSA) is 55.4 Å². The number of hydrogen-bond donors (Lipinski definition) is 0. The Morgan fingerprint density at radius 2 is 1.17 bits per heavy atom. The van der Waals surface area contributed by atoms with Crippen LogP contribution in [0.2, 0.25) is 0 Å². The van der Waals surface area contributed by atoms with Crippen LogP contribution in [0.3, 0.4) is 0 Å². The van der Waals surface area contributed by atoms with Gasteiger partial charge in [0.2, 0.25) is 0 Å². The smallest absolute Gasteiger partial charge is 0.187 e. The number of rotatable bonds is 23. The minimum Gasteiger partial charge on any atom is -0.381 e. The lowest BCUT2D eigenvalue weighted by Crippen LogP contribution is -2.38. The molecule has 0 N–H and O–H groups in total. The van der Waals surface area contributed by atoms with Crippen molar-refractivity contribution in [3.63, 3.8) is 0 Å². The fourth-order valence-electron chi connectivity index (χ4n) is 5.15. The third-order valence-electron chi connectivity index (χ3n) is 7.25. The second-order valence-electron chi connectivity index (χ2n) is 11.2. The highest BCUT2D eigenvalue weighted by Gasteiger charge is 2.57. The van der Waals surface area contributed by atoms with Gasteiger partial charge < -0.3 is 28.4 Å². The van der Waals surface area contributed by atoms with Crippen molar-refractivity contribution in [2.45, 2.75) is 167 Å². The number of ether oxygens (including phenoxy) is 6. The molecular formula is C30H58O6. The van der Waals surface area contributed by atoms with Crippen LogP contribution in [-0.2, 0) is 28.4 Å². The Bertz CT molecular complexity index is 528. The lowest BCUT2D eigenvalue weighted by Gasteiger charge is -2.27. The first-order valence-corrected chi connectivity index (χ1v) is 15.3. The van der Waals surface area contributed by atoms with Crippen molar-refractivity contribution in [2.75, 3.05) is 26.4 Å². The van der Waals surface area contributed by atoms with Gasteiger partial charge in [0.15, 0.2) is 12.1 Å². The number of hydrogen-bond acceptors (Lipinski definition) is 6. The molecule has 0 aromatic heterocycles. The Hall–Kier alpha value is -0.240. The van der Waals surface area contributed by atoms with E-state index in [2.05, 4.69) is 20.8 Å². The first kappa shape index (κ1) is 32.0. The third-order valence-corrected chi connectivity index (χ3v) is 7.25. The molecule has 5 atom stereocenters. The first-order chi connectivity index (χ1) is 17.5. The normalized spacial score (nSPS) is 25.9. The maximum absolute atomic E-state index is 6.27. The molecule has 0 unspecified atom stereocenters. The van der Waals surface area contributed by atoms with Gasteiger partial charge >= 0.3 is 0 Å². The molecule has 2 aliphatic heterocycles. The summed E-state index contributed by atoms with van der Waals surface area (Å²) in [6.07, 6.45) is 17.9. The van der Waals surface area contributed by atoms with Crippen LogP contribution in [0.1, 0.15) is 131 Å². The zero-order valence-corrected chi connectivity index (χ0v) is 24.3. The fourth-order valence-corrected chi connectivity index (χ4v) is 5.15. The monoisotopic (exact) mass is 514 g/mol. The molecule has 0 aromatic rings. The van der Waals surface area contributed by atoms with E-state index < -0.39 is 12.1 Å². The van der Waals surface area contributed by atoms with Gasteiger partial charge in [-0.2, -0.15) is 0 Å². The van der Waals surface area contributed by atoms with Gasteiger partial charge in [0.25, 0.3) is 0 Å². The maximum Gasteiger partial charge on any atom is 0.187 e. The highest BCUT2D eigenvalue weighted by atomic mass is 16.8. The summed E-state index contributed by atoms with van der Waals surface area (Å²) >= 11 is 0. The van der Waals surface area contributed by atoms with Crippen molar-refractivity contribution in [2.24, 2.45) is 0 Å². The second-order valence-corrected chi connectivity index (χ2v) is 11.2. The molecule has 6 heteroatoms. The van der Waals surface area contributed by atoms with E-state index in [1.165, 1.54) is 77.0 Å². The molecule has 0 aliphatic carbocycles. The molecule has 214 valence electrons. The van der Waals surface area contributed by atoms with Crippen LogP contribution < -0.4 is 0 Å². The highest BCUT2D eigenvalue weighted by Crippen LogP contribution is 2.40. The molecular weight excluding hydrogens is 456 g/mol. The Labute approximate surface area is 222 Å². The first-order valence-electron chi connectivity index (χ1n) is 15.3. The van der Waals surface area contributed by atoms with Gasteiger partial charge in [0, 0.05) is 19.8 Å². The number of unbranched alkanes of at least 4 members (excludes halogenated alkanes) is 12. The van der Waals surface area contributed by atoms with Gasteiger partial charge in [-0.25, -0.2) is 0 Å². The summed E-state index contributed by atoms with van der Waals surface area (Å²) < 4.78 is 36.7. The Morgan fingerprint density at radius 3 is 1.81 bits per heavy atom. The molecule has 0 bridgehead atoms. The van der Waals surface area contributed by atoms with Gasteiger partial charge in [-0.3, -0.25) is 0 Å². The standard InChI is InChI=1S/C30H58O6/c1-6-8-10-12-14-16-18-21-31-22-20-24-33-29-28-27(35-30(4,5)36-28)26(34-29)25(3)32-23-19-17-15-13-11-9-7-2/h25-29H,6-24H2,1-5H3/t25-,26-,27+,28+,29+/m1/s1.